The third kappa shape index (κ3) is 3.10. The van der Waals surface area contributed by atoms with Crippen molar-refractivity contribution in [2.75, 3.05) is 6.61 Å². The molecular formula is C17H22FNO2. The molecule has 4 atom stereocenters. The summed E-state index contributed by atoms with van der Waals surface area (Å²) in [5, 5.41) is 12.5. The zero-order chi connectivity index (χ0) is 14.8. The molecule has 0 saturated heterocycles. The summed E-state index contributed by atoms with van der Waals surface area (Å²) in [5.41, 5.74) is 0.653. The lowest BCUT2D eigenvalue weighted by Crippen LogP contribution is -2.44. The molecular weight excluding hydrogens is 269 g/mol. The van der Waals surface area contributed by atoms with Gasteiger partial charge in [0.1, 0.15) is 5.82 Å². The lowest BCUT2D eigenvalue weighted by molar-refractivity contribution is -0.123. The molecule has 0 radical (unpaired) electrons. The Morgan fingerprint density at radius 3 is 2.81 bits per heavy atom. The number of hydrogen-bond acceptors (Lipinski definition) is 2. The summed E-state index contributed by atoms with van der Waals surface area (Å²) in [6, 6.07) is 6.78. The van der Waals surface area contributed by atoms with E-state index in [0.717, 1.165) is 32.1 Å². The Morgan fingerprint density at radius 1 is 1.29 bits per heavy atom. The number of benzene rings is 1. The van der Waals surface area contributed by atoms with Gasteiger partial charge in [-0.05, 0) is 36.8 Å². The predicted molar refractivity (Wildman–Crippen MR) is 78.2 cm³/mol. The van der Waals surface area contributed by atoms with Gasteiger partial charge in [-0.25, -0.2) is 4.39 Å². The van der Waals surface area contributed by atoms with Gasteiger partial charge in [0, 0.05) is 24.5 Å². The fourth-order valence-corrected chi connectivity index (χ4v) is 3.51. The largest absolute Gasteiger partial charge is 0.396 e. The number of aliphatic hydroxyl groups is 1. The van der Waals surface area contributed by atoms with Gasteiger partial charge in [-0.2, -0.15) is 0 Å². The maximum absolute atomic E-state index is 13.7. The van der Waals surface area contributed by atoms with E-state index in [4.69, 9.17) is 0 Å². The van der Waals surface area contributed by atoms with Crippen LogP contribution in [0, 0.1) is 17.7 Å². The fourth-order valence-electron chi connectivity index (χ4n) is 3.51. The van der Waals surface area contributed by atoms with Crippen LogP contribution in [0.25, 0.3) is 0 Å². The van der Waals surface area contributed by atoms with Crippen molar-refractivity contribution < 1.29 is 14.3 Å². The summed E-state index contributed by atoms with van der Waals surface area (Å²) >= 11 is 0. The monoisotopic (exact) mass is 291 g/mol. The van der Waals surface area contributed by atoms with Gasteiger partial charge in [0.2, 0.25) is 5.91 Å². The Morgan fingerprint density at radius 2 is 2.05 bits per heavy atom. The molecule has 3 rings (SSSR count). The minimum atomic E-state index is -0.219. The molecule has 2 aliphatic rings. The number of hydrogen-bond donors (Lipinski definition) is 2. The zero-order valence-electron chi connectivity index (χ0n) is 12.1. The molecule has 0 spiro atoms. The minimum Gasteiger partial charge on any atom is -0.396 e. The van der Waals surface area contributed by atoms with Crippen molar-refractivity contribution in [1.29, 1.82) is 0 Å². The van der Waals surface area contributed by atoms with Gasteiger partial charge >= 0.3 is 0 Å². The van der Waals surface area contributed by atoms with Crippen molar-refractivity contribution in [2.45, 2.75) is 44.1 Å². The highest BCUT2D eigenvalue weighted by Crippen LogP contribution is 2.48. The van der Waals surface area contributed by atoms with E-state index in [-0.39, 0.29) is 42.1 Å². The van der Waals surface area contributed by atoms with E-state index in [1.807, 2.05) is 6.07 Å². The van der Waals surface area contributed by atoms with Crippen molar-refractivity contribution in [3.8, 4) is 0 Å². The minimum absolute atomic E-state index is 0.0161. The van der Waals surface area contributed by atoms with Crippen LogP contribution in [0.3, 0.4) is 0 Å². The highest BCUT2D eigenvalue weighted by molar-refractivity contribution is 5.83. The SMILES string of the molecule is O=C(NC1CCCCC1CO)C1CC1c1ccccc1F. The van der Waals surface area contributed by atoms with Crippen LogP contribution < -0.4 is 5.32 Å². The number of rotatable bonds is 4. The molecule has 0 aliphatic heterocycles. The number of aliphatic hydroxyl groups excluding tert-OH is 1. The Balaban J connectivity index is 1.59. The number of nitrogens with one attached hydrogen (secondary N) is 1. The van der Waals surface area contributed by atoms with Crippen LogP contribution in [0.15, 0.2) is 24.3 Å². The van der Waals surface area contributed by atoms with Crippen LogP contribution in [0.2, 0.25) is 0 Å². The quantitative estimate of drug-likeness (QED) is 0.896. The second-order valence-corrected chi connectivity index (χ2v) is 6.31. The van der Waals surface area contributed by atoms with Gasteiger partial charge in [0.25, 0.3) is 0 Å². The number of amides is 1. The Kier molecular flexibility index (Phi) is 4.24. The summed E-state index contributed by atoms with van der Waals surface area (Å²) in [6.07, 6.45) is 4.86. The molecule has 4 heteroatoms. The van der Waals surface area contributed by atoms with Gasteiger partial charge in [-0.3, -0.25) is 4.79 Å². The Labute approximate surface area is 124 Å². The van der Waals surface area contributed by atoms with Crippen molar-refractivity contribution in [1.82, 2.24) is 5.32 Å². The molecule has 2 saturated carbocycles. The molecule has 4 unspecified atom stereocenters. The highest BCUT2D eigenvalue weighted by Gasteiger charge is 2.45. The average molecular weight is 291 g/mol. The molecule has 0 aromatic heterocycles. The lowest BCUT2D eigenvalue weighted by Gasteiger charge is -2.31. The van der Waals surface area contributed by atoms with Gasteiger partial charge < -0.3 is 10.4 Å². The van der Waals surface area contributed by atoms with Crippen molar-refractivity contribution in [2.24, 2.45) is 11.8 Å². The summed E-state index contributed by atoms with van der Waals surface area (Å²) in [4.78, 5) is 12.3. The van der Waals surface area contributed by atoms with Gasteiger partial charge in [-0.15, -0.1) is 0 Å². The maximum atomic E-state index is 13.7. The molecule has 21 heavy (non-hydrogen) atoms. The van der Waals surface area contributed by atoms with E-state index in [2.05, 4.69) is 5.32 Å². The normalized spacial score (nSPS) is 31.7. The molecule has 114 valence electrons. The van der Waals surface area contributed by atoms with Crippen molar-refractivity contribution in [3.63, 3.8) is 0 Å². The third-order valence-corrected chi connectivity index (χ3v) is 4.90. The van der Waals surface area contributed by atoms with E-state index >= 15 is 0 Å². The van der Waals surface area contributed by atoms with Crippen LogP contribution in [-0.4, -0.2) is 23.7 Å². The first-order chi connectivity index (χ1) is 10.2. The molecule has 1 aromatic rings. The zero-order valence-corrected chi connectivity index (χ0v) is 12.1. The molecule has 0 heterocycles. The van der Waals surface area contributed by atoms with Crippen LogP contribution >= 0.6 is 0 Å². The smallest absolute Gasteiger partial charge is 0.223 e. The summed E-state index contributed by atoms with van der Waals surface area (Å²) < 4.78 is 13.7. The summed E-state index contributed by atoms with van der Waals surface area (Å²) in [7, 11) is 0. The fraction of sp³-hybridized carbons (Fsp3) is 0.588. The number of carbonyl (C=O) groups is 1. The molecule has 0 bridgehead atoms. The maximum Gasteiger partial charge on any atom is 0.223 e. The van der Waals surface area contributed by atoms with Crippen LogP contribution in [-0.2, 0) is 4.79 Å². The molecule has 1 aromatic carbocycles. The van der Waals surface area contributed by atoms with Gasteiger partial charge in [0.05, 0.1) is 0 Å². The van der Waals surface area contributed by atoms with Crippen LogP contribution in [0.4, 0.5) is 4.39 Å². The second kappa shape index (κ2) is 6.14. The highest BCUT2D eigenvalue weighted by atomic mass is 19.1. The van der Waals surface area contributed by atoms with Crippen LogP contribution in [0.1, 0.15) is 43.6 Å². The summed E-state index contributed by atoms with van der Waals surface area (Å²) in [6.45, 7) is 0.131. The number of halogens is 1. The Bertz CT molecular complexity index is 519. The standard InChI is InChI=1S/C17H22FNO2/c18-15-7-3-2-6-12(15)13-9-14(13)17(21)19-16-8-4-1-5-11(16)10-20/h2-3,6-7,11,13-14,16,20H,1,4-5,8-10H2,(H,19,21). The van der Waals surface area contributed by atoms with E-state index in [0.29, 0.717) is 5.56 Å². The van der Waals surface area contributed by atoms with Crippen molar-refractivity contribution in [3.05, 3.63) is 35.6 Å². The first kappa shape index (κ1) is 14.5. The molecule has 3 nitrogen and oxygen atoms in total. The van der Waals surface area contributed by atoms with E-state index < -0.39 is 0 Å². The second-order valence-electron chi connectivity index (χ2n) is 6.31. The molecule has 2 aliphatic carbocycles. The average Bonchev–Trinajstić information content (AvgIpc) is 3.29. The molecule has 2 fully saturated rings. The first-order valence-corrected chi connectivity index (χ1v) is 7.86. The third-order valence-electron chi connectivity index (χ3n) is 4.90. The number of carbonyl (C=O) groups excluding carboxylic acids is 1. The first-order valence-electron chi connectivity index (χ1n) is 7.86. The van der Waals surface area contributed by atoms with E-state index in [1.165, 1.54) is 6.07 Å². The van der Waals surface area contributed by atoms with Gasteiger partial charge in [-0.1, -0.05) is 31.0 Å². The molecule has 2 N–H and O–H groups in total. The van der Waals surface area contributed by atoms with Crippen LogP contribution in [0.5, 0.6) is 0 Å². The summed E-state index contributed by atoms with van der Waals surface area (Å²) in [5.74, 6) is -0.115. The lowest BCUT2D eigenvalue weighted by atomic mass is 9.85. The van der Waals surface area contributed by atoms with E-state index in [1.54, 1.807) is 12.1 Å². The molecule has 1 amide bonds. The van der Waals surface area contributed by atoms with E-state index in [9.17, 15) is 14.3 Å². The predicted octanol–water partition coefficient (Wildman–Crippen LogP) is 2.60. The topological polar surface area (TPSA) is 49.3 Å². The van der Waals surface area contributed by atoms with Crippen molar-refractivity contribution >= 4 is 5.91 Å². The van der Waals surface area contributed by atoms with Gasteiger partial charge in [0.15, 0.2) is 0 Å². The Hall–Kier alpha value is -1.42.